The second-order valence-corrected chi connectivity index (χ2v) is 7.80. The van der Waals surface area contributed by atoms with E-state index in [1.807, 2.05) is 57.2 Å². The Hall–Kier alpha value is -1.65. The third-order valence-electron chi connectivity index (χ3n) is 3.99. The highest BCUT2D eigenvalue weighted by atomic mass is 35.5. The minimum absolute atomic E-state index is 0.0560. The van der Waals surface area contributed by atoms with Crippen molar-refractivity contribution in [1.29, 1.82) is 0 Å². The summed E-state index contributed by atoms with van der Waals surface area (Å²) in [7, 11) is 0. The summed E-state index contributed by atoms with van der Waals surface area (Å²) < 4.78 is 5.92. The van der Waals surface area contributed by atoms with Crippen LogP contribution in [-0.2, 0) is 10.5 Å². The fraction of sp³-hybridized carbons (Fsp3) is 0.381. The lowest BCUT2D eigenvalue weighted by atomic mass is 10.1. The summed E-state index contributed by atoms with van der Waals surface area (Å²) in [5.74, 6) is 2.48. The molecule has 1 amide bonds. The van der Waals surface area contributed by atoms with Gasteiger partial charge in [0.15, 0.2) is 6.10 Å². The SMILES string of the molecule is CCC(Oc1ccc(C)cc1C)C(=O)NCCSCc1ccc(Cl)cc1. The second kappa shape index (κ2) is 10.5. The number of carbonyl (C=O) groups is 1. The molecule has 2 aromatic rings. The first-order valence-electron chi connectivity index (χ1n) is 8.83. The van der Waals surface area contributed by atoms with Crippen molar-refractivity contribution in [3.05, 3.63) is 64.2 Å². The van der Waals surface area contributed by atoms with Gasteiger partial charge in [-0.05, 0) is 49.6 Å². The maximum Gasteiger partial charge on any atom is 0.261 e. The smallest absolute Gasteiger partial charge is 0.261 e. The lowest BCUT2D eigenvalue weighted by Gasteiger charge is -2.19. The van der Waals surface area contributed by atoms with Crippen LogP contribution in [0.5, 0.6) is 5.75 Å². The lowest BCUT2D eigenvalue weighted by Crippen LogP contribution is -2.39. The van der Waals surface area contributed by atoms with Crippen molar-refractivity contribution in [2.75, 3.05) is 12.3 Å². The molecule has 1 atom stereocenters. The minimum atomic E-state index is -0.460. The molecule has 5 heteroatoms. The predicted molar refractivity (Wildman–Crippen MR) is 111 cm³/mol. The summed E-state index contributed by atoms with van der Waals surface area (Å²) in [5, 5.41) is 3.72. The molecule has 0 heterocycles. The number of aryl methyl sites for hydroxylation is 2. The van der Waals surface area contributed by atoms with E-state index in [0.717, 1.165) is 27.8 Å². The monoisotopic (exact) mass is 391 g/mol. The van der Waals surface area contributed by atoms with Gasteiger partial charge in [-0.1, -0.05) is 48.4 Å². The van der Waals surface area contributed by atoms with Crippen molar-refractivity contribution < 1.29 is 9.53 Å². The van der Waals surface area contributed by atoms with Gasteiger partial charge in [-0.2, -0.15) is 11.8 Å². The first-order chi connectivity index (χ1) is 12.5. The van der Waals surface area contributed by atoms with Crippen LogP contribution in [0.25, 0.3) is 0 Å². The number of hydrogen-bond acceptors (Lipinski definition) is 3. The Bertz CT molecular complexity index is 718. The molecule has 0 aliphatic heterocycles. The van der Waals surface area contributed by atoms with Crippen LogP contribution in [0.2, 0.25) is 5.02 Å². The standard InChI is InChI=1S/C21H26ClNO2S/c1-4-19(25-20-10-5-15(2)13-16(20)3)21(24)23-11-12-26-14-17-6-8-18(22)9-7-17/h5-10,13,19H,4,11-12,14H2,1-3H3,(H,23,24). The molecule has 1 N–H and O–H groups in total. The van der Waals surface area contributed by atoms with E-state index in [0.29, 0.717) is 13.0 Å². The summed E-state index contributed by atoms with van der Waals surface area (Å²) in [6.07, 6.45) is 0.175. The molecule has 0 saturated carbocycles. The zero-order chi connectivity index (χ0) is 18.9. The maximum atomic E-state index is 12.4. The first-order valence-corrected chi connectivity index (χ1v) is 10.4. The lowest BCUT2D eigenvalue weighted by molar-refractivity contribution is -0.128. The molecule has 0 spiro atoms. The van der Waals surface area contributed by atoms with Crippen molar-refractivity contribution in [3.8, 4) is 5.75 Å². The summed E-state index contributed by atoms with van der Waals surface area (Å²) in [4.78, 5) is 12.4. The van der Waals surface area contributed by atoms with Crippen LogP contribution in [-0.4, -0.2) is 24.3 Å². The van der Waals surface area contributed by atoms with Crippen LogP contribution in [0, 0.1) is 13.8 Å². The highest BCUT2D eigenvalue weighted by Gasteiger charge is 2.18. The van der Waals surface area contributed by atoms with Gasteiger partial charge in [0, 0.05) is 23.1 Å². The molecule has 0 fully saturated rings. The quantitative estimate of drug-likeness (QED) is 0.599. The first kappa shape index (κ1) is 20.7. The van der Waals surface area contributed by atoms with E-state index in [4.69, 9.17) is 16.3 Å². The maximum absolute atomic E-state index is 12.4. The molecule has 0 aliphatic rings. The van der Waals surface area contributed by atoms with Crippen LogP contribution in [0.15, 0.2) is 42.5 Å². The van der Waals surface area contributed by atoms with E-state index in [2.05, 4.69) is 11.4 Å². The molecule has 0 radical (unpaired) electrons. The van der Waals surface area contributed by atoms with Crippen molar-refractivity contribution in [2.45, 2.75) is 39.0 Å². The summed E-state index contributed by atoms with van der Waals surface area (Å²) in [6, 6.07) is 13.8. The van der Waals surface area contributed by atoms with E-state index in [1.54, 1.807) is 11.8 Å². The second-order valence-electron chi connectivity index (χ2n) is 6.25. The van der Waals surface area contributed by atoms with Crippen molar-refractivity contribution in [2.24, 2.45) is 0 Å². The van der Waals surface area contributed by atoms with E-state index in [-0.39, 0.29) is 5.91 Å². The van der Waals surface area contributed by atoms with Crippen LogP contribution >= 0.6 is 23.4 Å². The van der Waals surface area contributed by atoms with Crippen molar-refractivity contribution >= 4 is 29.3 Å². The molecule has 26 heavy (non-hydrogen) atoms. The predicted octanol–water partition coefficient (Wildman–Crippen LogP) is 5.16. The van der Waals surface area contributed by atoms with Crippen molar-refractivity contribution in [3.63, 3.8) is 0 Å². The third-order valence-corrected chi connectivity index (χ3v) is 5.27. The number of rotatable bonds is 9. The van der Waals surface area contributed by atoms with Gasteiger partial charge < -0.3 is 10.1 Å². The van der Waals surface area contributed by atoms with Gasteiger partial charge in [0.25, 0.3) is 5.91 Å². The average Bonchev–Trinajstić information content (AvgIpc) is 2.62. The largest absolute Gasteiger partial charge is 0.480 e. The van der Waals surface area contributed by atoms with Gasteiger partial charge in [0.1, 0.15) is 5.75 Å². The van der Waals surface area contributed by atoms with Crippen LogP contribution in [0.4, 0.5) is 0 Å². The molecule has 0 saturated heterocycles. The van der Waals surface area contributed by atoms with Gasteiger partial charge in [-0.3, -0.25) is 4.79 Å². The van der Waals surface area contributed by atoms with Crippen LogP contribution < -0.4 is 10.1 Å². The number of carbonyl (C=O) groups excluding carboxylic acids is 1. The van der Waals surface area contributed by atoms with E-state index < -0.39 is 6.10 Å². The van der Waals surface area contributed by atoms with Crippen LogP contribution in [0.3, 0.4) is 0 Å². The van der Waals surface area contributed by atoms with Gasteiger partial charge in [-0.15, -0.1) is 0 Å². The summed E-state index contributed by atoms with van der Waals surface area (Å²) in [6.45, 7) is 6.63. The molecular formula is C21H26ClNO2S. The number of ether oxygens (including phenoxy) is 1. The van der Waals surface area contributed by atoms with Gasteiger partial charge in [-0.25, -0.2) is 0 Å². The summed E-state index contributed by atoms with van der Waals surface area (Å²) >= 11 is 7.67. The Balaban J connectivity index is 1.73. The molecule has 3 nitrogen and oxygen atoms in total. The number of amides is 1. The number of hydrogen-bond donors (Lipinski definition) is 1. The molecule has 0 bridgehead atoms. The van der Waals surface area contributed by atoms with Gasteiger partial charge in [0.2, 0.25) is 0 Å². The topological polar surface area (TPSA) is 38.3 Å². The molecular weight excluding hydrogens is 366 g/mol. The fourth-order valence-electron chi connectivity index (χ4n) is 2.54. The highest BCUT2D eigenvalue weighted by molar-refractivity contribution is 7.98. The fourth-order valence-corrected chi connectivity index (χ4v) is 3.48. The Morgan fingerprint density at radius 3 is 2.58 bits per heavy atom. The molecule has 0 aliphatic carbocycles. The molecule has 2 aromatic carbocycles. The average molecular weight is 392 g/mol. The third kappa shape index (κ3) is 6.58. The van der Waals surface area contributed by atoms with Gasteiger partial charge >= 0.3 is 0 Å². The Kier molecular flexibility index (Phi) is 8.33. The van der Waals surface area contributed by atoms with Crippen molar-refractivity contribution in [1.82, 2.24) is 5.32 Å². The molecule has 2 rings (SSSR count). The zero-order valence-electron chi connectivity index (χ0n) is 15.5. The summed E-state index contributed by atoms with van der Waals surface area (Å²) in [5.41, 5.74) is 3.47. The molecule has 140 valence electrons. The zero-order valence-corrected chi connectivity index (χ0v) is 17.1. The molecule has 1 unspecified atom stereocenters. The normalized spacial score (nSPS) is 11.8. The van der Waals surface area contributed by atoms with Gasteiger partial charge in [0.05, 0.1) is 0 Å². The Morgan fingerprint density at radius 2 is 1.92 bits per heavy atom. The minimum Gasteiger partial charge on any atom is -0.480 e. The van der Waals surface area contributed by atoms with Crippen LogP contribution in [0.1, 0.15) is 30.0 Å². The number of thioether (sulfide) groups is 1. The van der Waals surface area contributed by atoms with E-state index in [1.165, 1.54) is 11.1 Å². The molecule has 0 aromatic heterocycles. The van der Waals surface area contributed by atoms with E-state index in [9.17, 15) is 4.79 Å². The Morgan fingerprint density at radius 1 is 1.19 bits per heavy atom. The number of benzene rings is 2. The Labute approximate surface area is 165 Å². The van der Waals surface area contributed by atoms with E-state index >= 15 is 0 Å². The number of nitrogens with one attached hydrogen (secondary N) is 1. The number of halogens is 1. The highest BCUT2D eigenvalue weighted by Crippen LogP contribution is 2.21.